The van der Waals surface area contributed by atoms with Gasteiger partial charge in [-0.05, 0) is 133 Å². The molecule has 2 aliphatic rings. The average molecular weight is 778 g/mol. The Hall–Kier alpha value is -7.48. The summed E-state index contributed by atoms with van der Waals surface area (Å²) < 4.78 is 0. The van der Waals surface area contributed by atoms with Gasteiger partial charge >= 0.3 is 0 Å². The van der Waals surface area contributed by atoms with Gasteiger partial charge in [0.2, 0.25) is 0 Å². The zero-order valence-corrected chi connectivity index (χ0v) is 34.3. The van der Waals surface area contributed by atoms with Crippen molar-refractivity contribution in [2.45, 2.75) is 24.7 Å². The minimum Gasteiger partial charge on any atom is -0.310 e. The lowest BCUT2D eigenvalue weighted by molar-refractivity contribution is 0.713. The first kappa shape index (κ1) is 35.5. The van der Waals surface area contributed by atoms with E-state index in [1.165, 1.54) is 94.0 Å². The maximum atomic E-state index is 2.52. The number of fused-ring (bicyclic) bond motifs is 9. The van der Waals surface area contributed by atoms with Gasteiger partial charge < -0.3 is 4.90 Å². The Morgan fingerprint density at radius 1 is 0.328 bits per heavy atom. The van der Waals surface area contributed by atoms with Crippen LogP contribution in [0.15, 0.2) is 224 Å². The van der Waals surface area contributed by atoms with Gasteiger partial charge in [-0.2, -0.15) is 0 Å². The van der Waals surface area contributed by atoms with E-state index in [-0.39, 0.29) is 10.8 Å². The zero-order valence-electron chi connectivity index (χ0n) is 34.3. The molecule has 0 heterocycles. The number of rotatable bonds is 6. The van der Waals surface area contributed by atoms with E-state index in [9.17, 15) is 0 Å². The molecule has 2 aliphatic carbocycles. The normalized spacial score (nSPS) is 17.1. The van der Waals surface area contributed by atoms with Crippen LogP contribution in [-0.2, 0) is 10.8 Å². The molecule has 0 spiro atoms. The lowest BCUT2D eigenvalue weighted by Crippen LogP contribution is -2.23. The lowest BCUT2D eigenvalue weighted by Gasteiger charge is -2.32. The van der Waals surface area contributed by atoms with Crippen LogP contribution in [0.3, 0.4) is 0 Å². The second kappa shape index (κ2) is 13.5. The molecule has 1 nitrogen and oxygen atoms in total. The quantitative estimate of drug-likeness (QED) is 0.152. The smallest absolute Gasteiger partial charge is 0.0543 e. The summed E-state index contributed by atoms with van der Waals surface area (Å²) in [6.07, 6.45) is 0. The van der Waals surface area contributed by atoms with Crippen molar-refractivity contribution in [3.8, 4) is 33.4 Å². The molecular weight excluding hydrogens is 735 g/mol. The van der Waals surface area contributed by atoms with Crippen LogP contribution in [-0.4, -0.2) is 0 Å². The van der Waals surface area contributed by atoms with Crippen LogP contribution in [0.5, 0.6) is 0 Å². The van der Waals surface area contributed by atoms with E-state index in [2.05, 4.69) is 243 Å². The van der Waals surface area contributed by atoms with Crippen LogP contribution >= 0.6 is 0 Å². The minimum atomic E-state index is -0.326. The second-order valence-electron chi connectivity index (χ2n) is 17.1. The molecule has 0 radical (unpaired) electrons. The monoisotopic (exact) mass is 777 g/mol. The van der Waals surface area contributed by atoms with Crippen molar-refractivity contribution in [1.29, 1.82) is 0 Å². The molecule has 61 heavy (non-hydrogen) atoms. The van der Waals surface area contributed by atoms with Gasteiger partial charge in [0.15, 0.2) is 0 Å². The van der Waals surface area contributed by atoms with Gasteiger partial charge in [0.05, 0.1) is 5.69 Å². The Labute approximate surface area is 357 Å². The third kappa shape index (κ3) is 5.14. The van der Waals surface area contributed by atoms with Crippen LogP contribution in [0.4, 0.5) is 17.1 Å². The third-order valence-corrected chi connectivity index (χ3v) is 14.0. The van der Waals surface area contributed by atoms with E-state index >= 15 is 0 Å². The maximum Gasteiger partial charge on any atom is 0.0543 e. The summed E-state index contributed by atoms with van der Waals surface area (Å²) in [4.78, 5) is 2.52. The summed E-state index contributed by atoms with van der Waals surface area (Å²) in [5.74, 6) is 0. The topological polar surface area (TPSA) is 3.24 Å². The number of hydrogen-bond donors (Lipinski definition) is 0. The van der Waals surface area contributed by atoms with Crippen LogP contribution in [0.1, 0.15) is 47.2 Å². The van der Waals surface area contributed by atoms with Crippen LogP contribution < -0.4 is 4.90 Å². The highest BCUT2D eigenvalue weighted by molar-refractivity contribution is 6.13. The maximum absolute atomic E-state index is 2.52. The highest BCUT2D eigenvalue weighted by Gasteiger charge is 2.44. The van der Waals surface area contributed by atoms with E-state index in [0.29, 0.717) is 0 Å². The molecule has 0 saturated heterocycles. The predicted octanol–water partition coefficient (Wildman–Crippen LogP) is 15.8. The van der Waals surface area contributed by atoms with Gasteiger partial charge in [-0.1, -0.05) is 188 Å². The first-order valence-corrected chi connectivity index (χ1v) is 21.4. The van der Waals surface area contributed by atoms with Crippen LogP contribution in [0.25, 0.3) is 54.9 Å². The highest BCUT2D eigenvalue weighted by atomic mass is 15.1. The van der Waals surface area contributed by atoms with Gasteiger partial charge in [0.25, 0.3) is 0 Å². The first-order valence-electron chi connectivity index (χ1n) is 21.4. The van der Waals surface area contributed by atoms with E-state index in [1.54, 1.807) is 0 Å². The molecule has 2 atom stereocenters. The molecule has 0 fully saturated rings. The lowest BCUT2D eigenvalue weighted by atomic mass is 9.74. The molecule has 0 aliphatic heterocycles. The molecule has 1 heteroatoms. The summed E-state index contributed by atoms with van der Waals surface area (Å²) in [7, 11) is 0. The molecule has 0 N–H and O–H groups in total. The Kier molecular flexibility index (Phi) is 7.86. The molecular formula is C60H43N. The Morgan fingerprint density at radius 2 is 0.852 bits per heavy atom. The Bertz CT molecular complexity index is 3330. The molecule has 288 valence electrons. The van der Waals surface area contributed by atoms with Crippen molar-refractivity contribution in [2.24, 2.45) is 0 Å². The van der Waals surface area contributed by atoms with Crippen LogP contribution in [0, 0.1) is 0 Å². The molecule has 0 aromatic heterocycles. The fraction of sp³-hybridized carbons (Fsp3) is 0.0667. The van der Waals surface area contributed by atoms with E-state index in [0.717, 1.165) is 11.4 Å². The van der Waals surface area contributed by atoms with Crippen molar-refractivity contribution >= 4 is 38.6 Å². The summed E-state index contributed by atoms with van der Waals surface area (Å²) >= 11 is 0. The van der Waals surface area contributed by atoms with E-state index in [1.807, 2.05) is 0 Å². The second-order valence-corrected chi connectivity index (χ2v) is 17.1. The Balaban J connectivity index is 1.10. The van der Waals surface area contributed by atoms with Gasteiger partial charge in [-0.25, -0.2) is 0 Å². The van der Waals surface area contributed by atoms with Crippen molar-refractivity contribution in [3.63, 3.8) is 0 Å². The zero-order chi connectivity index (χ0) is 40.7. The third-order valence-electron chi connectivity index (χ3n) is 14.0. The number of nitrogens with zero attached hydrogens (tertiary/aromatic N) is 1. The summed E-state index contributed by atoms with van der Waals surface area (Å²) in [6, 6.07) is 83.4. The van der Waals surface area contributed by atoms with Crippen molar-refractivity contribution in [3.05, 3.63) is 258 Å². The van der Waals surface area contributed by atoms with Gasteiger partial charge in [0, 0.05) is 27.8 Å². The fourth-order valence-electron chi connectivity index (χ4n) is 11.0. The molecule has 10 aromatic carbocycles. The summed E-state index contributed by atoms with van der Waals surface area (Å²) in [5, 5.41) is 5.08. The van der Waals surface area contributed by atoms with Gasteiger partial charge in [-0.3, -0.25) is 0 Å². The molecule has 0 saturated carbocycles. The predicted molar refractivity (Wildman–Crippen MR) is 256 cm³/mol. The average Bonchev–Trinajstić information content (AvgIpc) is 3.75. The fourth-order valence-corrected chi connectivity index (χ4v) is 11.0. The largest absolute Gasteiger partial charge is 0.310 e. The van der Waals surface area contributed by atoms with Gasteiger partial charge in [-0.15, -0.1) is 0 Å². The summed E-state index contributed by atoms with van der Waals surface area (Å²) in [5.41, 5.74) is 18.3. The number of anilines is 3. The Morgan fingerprint density at radius 3 is 1.57 bits per heavy atom. The van der Waals surface area contributed by atoms with Gasteiger partial charge in [0.1, 0.15) is 0 Å². The van der Waals surface area contributed by atoms with E-state index in [4.69, 9.17) is 0 Å². The number of hydrogen-bond acceptors (Lipinski definition) is 1. The summed E-state index contributed by atoms with van der Waals surface area (Å²) in [6.45, 7) is 4.81. The molecule has 10 aromatic rings. The SMILES string of the molecule is CC1(c2ccccc2)c2ccccc2-c2ccc(N(c3ccc(-c4cc5ccccc5c5ccccc45)cc3)c3cccc4c3-c3ccccc3C4(C)c3ccccc3)cc21. The number of benzene rings is 10. The molecule has 0 amide bonds. The van der Waals surface area contributed by atoms with Crippen molar-refractivity contribution < 1.29 is 0 Å². The van der Waals surface area contributed by atoms with Crippen molar-refractivity contribution in [1.82, 2.24) is 0 Å². The molecule has 12 rings (SSSR count). The highest BCUT2D eigenvalue weighted by Crippen LogP contribution is 2.58. The molecule has 0 bridgehead atoms. The van der Waals surface area contributed by atoms with Crippen LogP contribution in [0.2, 0.25) is 0 Å². The van der Waals surface area contributed by atoms with E-state index < -0.39 is 0 Å². The minimum absolute atomic E-state index is 0.318. The molecule has 2 unspecified atom stereocenters. The van der Waals surface area contributed by atoms with Crippen molar-refractivity contribution in [2.75, 3.05) is 4.90 Å². The first-order chi connectivity index (χ1) is 30.0. The standard InChI is InChI=1S/C60H43N/c1-59(42-19-5-3-6-20-42)54-29-16-14-27-51(54)58-55(59)30-17-31-57(58)61(44-34-32-40(33-35-44)52-38-41-18-9-10-23-46(41)47-24-11-12-25-48(47)52)45-36-37-50-49-26-13-15-28-53(49)60(2,56(50)39-45)43-21-7-4-8-22-43/h3-39H,1-2H3.